The van der Waals surface area contributed by atoms with E-state index < -0.39 is 65.5 Å². The van der Waals surface area contributed by atoms with Gasteiger partial charge in [0.15, 0.2) is 11.4 Å². The lowest BCUT2D eigenvalue weighted by atomic mass is 9.97. The van der Waals surface area contributed by atoms with Gasteiger partial charge < -0.3 is 20.3 Å². The van der Waals surface area contributed by atoms with Crippen molar-refractivity contribution in [1.82, 2.24) is 24.8 Å². The predicted molar refractivity (Wildman–Crippen MR) is 166 cm³/mol. The molecule has 0 saturated carbocycles. The smallest absolute Gasteiger partial charge is 0.418 e. The zero-order valence-corrected chi connectivity index (χ0v) is 26.2. The molecule has 0 fully saturated rings. The van der Waals surface area contributed by atoms with E-state index >= 15 is 8.78 Å². The summed E-state index contributed by atoms with van der Waals surface area (Å²) in [5.74, 6) is -6.99. The minimum atomic E-state index is -5.48. The van der Waals surface area contributed by atoms with E-state index in [1.54, 1.807) is 0 Å². The van der Waals surface area contributed by atoms with Gasteiger partial charge in [0.05, 0.1) is 11.3 Å². The molecule has 0 radical (unpaired) electrons. The molecule has 2 aromatic carbocycles. The SMILES string of the molecule is CCN(CC)CCCNc1nc(-c2c(C)ccc(C(=O)NCCF)c2OC(=O)C(F)(F)F)c2ccc(=O)n(-c3c(F)cccc3F)c2n1. The molecule has 2 heterocycles. The second-order valence-corrected chi connectivity index (χ2v) is 10.5. The van der Waals surface area contributed by atoms with Crippen molar-refractivity contribution < 1.29 is 40.7 Å². The van der Waals surface area contributed by atoms with Gasteiger partial charge >= 0.3 is 12.1 Å². The molecule has 0 spiro atoms. The molecule has 2 N–H and O–H groups in total. The lowest BCUT2D eigenvalue weighted by Gasteiger charge is -2.20. The fourth-order valence-corrected chi connectivity index (χ4v) is 5.01. The summed E-state index contributed by atoms with van der Waals surface area (Å²) in [6.45, 7) is 6.47. The van der Waals surface area contributed by atoms with E-state index in [0.29, 0.717) is 17.5 Å². The summed E-state index contributed by atoms with van der Waals surface area (Å²) >= 11 is 0. The number of aryl methyl sites for hydroxylation is 1. The summed E-state index contributed by atoms with van der Waals surface area (Å²) < 4.78 is 89.0. The number of ether oxygens (including phenoxy) is 1. The van der Waals surface area contributed by atoms with Crippen molar-refractivity contribution >= 4 is 28.9 Å². The molecule has 48 heavy (non-hydrogen) atoms. The van der Waals surface area contributed by atoms with Crippen molar-refractivity contribution in [3.63, 3.8) is 0 Å². The average molecular weight is 679 g/mol. The number of hydrogen-bond acceptors (Lipinski definition) is 8. The highest BCUT2D eigenvalue weighted by Crippen LogP contribution is 2.40. The van der Waals surface area contributed by atoms with Crippen LogP contribution in [-0.4, -0.2) is 76.9 Å². The Hall–Kier alpha value is -4.99. The molecule has 4 aromatic rings. The molecular formula is C32H32F6N6O4. The van der Waals surface area contributed by atoms with Crippen molar-refractivity contribution in [2.75, 3.05) is 44.7 Å². The van der Waals surface area contributed by atoms with E-state index in [0.717, 1.165) is 43.4 Å². The predicted octanol–water partition coefficient (Wildman–Crippen LogP) is 5.35. The Morgan fingerprint density at radius 2 is 1.67 bits per heavy atom. The van der Waals surface area contributed by atoms with Gasteiger partial charge in [0.1, 0.15) is 24.0 Å². The Morgan fingerprint density at radius 1 is 0.979 bits per heavy atom. The van der Waals surface area contributed by atoms with Crippen LogP contribution in [0.15, 0.2) is 47.3 Å². The van der Waals surface area contributed by atoms with Gasteiger partial charge in [-0.3, -0.25) is 14.2 Å². The second kappa shape index (κ2) is 15.3. The number of alkyl halides is 4. The number of halogens is 6. The van der Waals surface area contributed by atoms with Gasteiger partial charge in [0, 0.05) is 30.1 Å². The van der Waals surface area contributed by atoms with Gasteiger partial charge in [-0.05, 0) is 62.8 Å². The zero-order valence-electron chi connectivity index (χ0n) is 26.2. The Morgan fingerprint density at radius 3 is 2.29 bits per heavy atom. The maximum absolute atomic E-state index is 15.1. The Labute approximate surface area is 270 Å². The number of aromatic nitrogens is 3. The molecule has 0 aliphatic carbocycles. The number of hydrogen-bond donors (Lipinski definition) is 2. The quantitative estimate of drug-likeness (QED) is 0.0842. The van der Waals surface area contributed by atoms with E-state index in [-0.39, 0.29) is 40.3 Å². The van der Waals surface area contributed by atoms with Gasteiger partial charge in [-0.2, -0.15) is 18.2 Å². The first-order valence-electron chi connectivity index (χ1n) is 14.9. The number of carbonyl (C=O) groups excluding carboxylic acids is 2. The summed E-state index contributed by atoms with van der Waals surface area (Å²) in [6, 6.07) is 7.52. The van der Waals surface area contributed by atoms with Crippen molar-refractivity contribution in [2.45, 2.75) is 33.4 Å². The van der Waals surface area contributed by atoms with E-state index in [1.807, 2.05) is 13.8 Å². The minimum Gasteiger partial charge on any atom is -0.418 e. The standard InChI is InChI=1S/C32H32F6N6O4/c1-4-43(5-2)17-7-15-40-31-41-25(19-12-13-23(45)44(28(19)42-31)26-21(34)8-6-9-22(26)35)24-18(3)10-11-20(29(46)39-16-14-33)27(24)48-30(47)32(36,37)38/h6,8-13H,4-5,7,14-17H2,1-3H3,(H,39,46)(H,40,41,42). The van der Waals surface area contributed by atoms with Crippen LogP contribution in [0.2, 0.25) is 0 Å². The lowest BCUT2D eigenvalue weighted by molar-refractivity contribution is -0.189. The Bertz CT molecular complexity index is 1860. The molecule has 10 nitrogen and oxygen atoms in total. The number of anilines is 1. The van der Waals surface area contributed by atoms with Crippen molar-refractivity contribution in [1.29, 1.82) is 0 Å². The first-order chi connectivity index (χ1) is 22.8. The second-order valence-electron chi connectivity index (χ2n) is 10.5. The molecule has 0 aliphatic rings. The number of fused-ring (bicyclic) bond motifs is 1. The number of pyridine rings is 1. The minimum absolute atomic E-state index is 0.0975. The molecule has 0 bridgehead atoms. The van der Waals surface area contributed by atoms with Crippen LogP contribution < -0.4 is 20.9 Å². The van der Waals surface area contributed by atoms with Gasteiger partial charge in [0.2, 0.25) is 5.95 Å². The molecule has 1 amide bonds. The zero-order chi connectivity index (χ0) is 35.2. The normalized spacial score (nSPS) is 11.6. The van der Waals surface area contributed by atoms with E-state index in [1.165, 1.54) is 19.1 Å². The molecule has 0 atom stereocenters. The topological polar surface area (TPSA) is 118 Å². The maximum Gasteiger partial charge on any atom is 0.491 e. The monoisotopic (exact) mass is 678 g/mol. The Balaban J connectivity index is 2.05. The first-order valence-corrected chi connectivity index (χ1v) is 14.9. The van der Waals surface area contributed by atoms with Gasteiger partial charge in [0.25, 0.3) is 11.5 Å². The van der Waals surface area contributed by atoms with Crippen LogP contribution in [0.1, 0.15) is 36.2 Å². The summed E-state index contributed by atoms with van der Waals surface area (Å²) in [6.07, 6.45) is -4.90. The van der Waals surface area contributed by atoms with E-state index in [9.17, 15) is 31.9 Å². The van der Waals surface area contributed by atoms with Crippen LogP contribution in [-0.2, 0) is 4.79 Å². The maximum atomic E-state index is 15.1. The molecule has 16 heteroatoms. The number of rotatable bonds is 13. The number of esters is 1. The third-order valence-corrected chi connectivity index (χ3v) is 7.39. The van der Waals surface area contributed by atoms with Crippen LogP contribution >= 0.6 is 0 Å². The highest BCUT2D eigenvalue weighted by molar-refractivity contribution is 6.03. The molecule has 0 unspecified atom stereocenters. The fraction of sp³-hybridized carbons (Fsp3) is 0.344. The fourth-order valence-electron chi connectivity index (χ4n) is 5.01. The summed E-state index contributed by atoms with van der Waals surface area (Å²) in [4.78, 5) is 49.4. The molecule has 0 saturated heterocycles. The number of nitrogens with zero attached hydrogens (tertiary/aromatic N) is 4. The number of carbonyl (C=O) groups is 2. The summed E-state index contributed by atoms with van der Waals surface area (Å²) in [5.41, 5.74) is -2.95. The van der Waals surface area contributed by atoms with Crippen molar-refractivity contribution in [2.24, 2.45) is 0 Å². The number of amides is 1. The lowest BCUT2D eigenvalue weighted by Crippen LogP contribution is -2.31. The van der Waals surface area contributed by atoms with Crippen LogP contribution in [0.5, 0.6) is 5.75 Å². The van der Waals surface area contributed by atoms with Crippen LogP contribution in [0.3, 0.4) is 0 Å². The van der Waals surface area contributed by atoms with E-state index in [4.69, 9.17) is 4.74 Å². The number of para-hydroxylation sites is 1. The van der Waals surface area contributed by atoms with Crippen LogP contribution in [0.25, 0.3) is 28.0 Å². The molecule has 0 aliphatic heterocycles. The van der Waals surface area contributed by atoms with Crippen molar-refractivity contribution in [3.8, 4) is 22.7 Å². The molecule has 2 aromatic heterocycles. The van der Waals surface area contributed by atoms with Gasteiger partial charge in [-0.15, -0.1) is 0 Å². The summed E-state index contributed by atoms with van der Waals surface area (Å²) in [5, 5.41) is 5.08. The third-order valence-electron chi connectivity index (χ3n) is 7.39. The average Bonchev–Trinajstić information content (AvgIpc) is 3.04. The van der Waals surface area contributed by atoms with Gasteiger partial charge in [-0.25, -0.2) is 22.9 Å². The highest BCUT2D eigenvalue weighted by atomic mass is 19.4. The number of benzene rings is 2. The van der Waals surface area contributed by atoms with E-state index in [2.05, 4.69) is 25.5 Å². The third kappa shape index (κ3) is 7.75. The number of nitrogens with one attached hydrogen (secondary N) is 2. The molecule has 256 valence electrons. The molecular weight excluding hydrogens is 646 g/mol. The Kier molecular flexibility index (Phi) is 11.4. The molecule has 4 rings (SSSR count). The first kappa shape index (κ1) is 35.9. The van der Waals surface area contributed by atoms with Crippen molar-refractivity contribution in [3.05, 3.63) is 75.6 Å². The van der Waals surface area contributed by atoms with Gasteiger partial charge in [-0.1, -0.05) is 26.0 Å². The van der Waals surface area contributed by atoms with Crippen LogP contribution in [0, 0.1) is 18.6 Å². The van der Waals surface area contributed by atoms with Crippen LogP contribution in [0.4, 0.5) is 32.3 Å². The highest BCUT2D eigenvalue weighted by Gasteiger charge is 2.42. The summed E-state index contributed by atoms with van der Waals surface area (Å²) in [7, 11) is 0. The largest absolute Gasteiger partial charge is 0.491 e.